The van der Waals surface area contributed by atoms with Crippen LogP contribution in [0.1, 0.15) is 5.56 Å². The first kappa shape index (κ1) is 10.4. The monoisotopic (exact) mass is 194 g/mol. The molecule has 13 heavy (non-hydrogen) atoms. The van der Waals surface area contributed by atoms with Gasteiger partial charge in [0.15, 0.2) is 0 Å². The van der Waals surface area contributed by atoms with Crippen molar-refractivity contribution in [1.82, 2.24) is 0 Å². The summed E-state index contributed by atoms with van der Waals surface area (Å²) >= 11 is 1.72. The summed E-state index contributed by atoms with van der Waals surface area (Å²) in [4.78, 5) is 0. The lowest BCUT2D eigenvalue weighted by Gasteiger charge is -2.04. The molecule has 1 N–H and O–H groups in total. The first-order valence-electron chi connectivity index (χ1n) is 4.25. The van der Waals surface area contributed by atoms with Crippen molar-refractivity contribution in [2.24, 2.45) is 0 Å². The molecule has 1 unspecified atom stereocenters. The zero-order valence-electron chi connectivity index (χ0n) is 7.52. The van der Waals surface area contributed by atoms with E-state index in [9.17, 15) is 5.11 Å². The van der Waals surface area contributed by atoms with Crippen molar-refractivity contribution in [2.75, 3.05) is 5.75 Å². The van der Waals surface area contributed by atoms with Crippen molar-refractivity contribution in [2.45, 2.75) is 11.9 Å². The maximum Gasteiger partial charge on any atom is 0.0808 e. The van der Waals surface area contributed by atoms with Crippen LogP contribution in [0.15, 0.2) is 43.0 Å². The van der Waals surface area contributed by atoms with Gasteiger partial charge in [0, 0.05) is 11.5 Å². The summed E-state index contributed by atoms with van der Waals surface area (Å²) in [7, 11) is 0. The quantitative estimate of drug-likeness (QED) is 0.727. The van der Waals surface area contributed by atoms with E-state index >= 15 is 0 Å². The van der Waals surface area contributed by atoms with Crippen LogP contribution in [0.25, 0.3) is 0 Å². The van der Waals surface area contributed by atoms with E-state index in [2.05, 4.69) is 18.7 Å². The first-order valence-corrected chi connectivity index (χ1v) is 5.40. The van der Waals surface area contributed by atoms with Crippen LogP contribution in [0.4, 0.5) is 0 Å². The Labute approximate surface area is 83.5 Å². The molecule has 0 amide bonds. The highest BCUT2D eigenvalue weighted by molar-refractivity contribution is 7.98. The number of thioether (sulfide) groups is 1. The van der Waals surface area contributed by atoms with Crippen LogP contribution in [-0.2, 0) is 5.75 Å². The number of aliphatic hydroxyl groups is 1. The zero-order valence-corrected chi connectivity index (χ0v) is 8.33. The topological polar surface area (TPSA) is 20.2 Å². The fraction of sp³-hybridized carbons (Fsp3) is 0.273. The van der Waals surface area contributed by atoms with E-state index < -0.39 is 0 Å². The van der Waals surface area contributed by atoms with E-state index in [0.717, 1.165) is 11.5 Å². The standard InChI is InChI=1S/C11H14OS/c1-2-11(12)9-13-8-10-6-4-3-5-7-10/h2-7,11-12H,1,8-9H2. The molecule has 70 valence electrons. The van der Waals surface area contributed by atoms with Gasteiger partial charge in [-0.2, -0.15) is 11.8 Å². The summed E-state index contributed by atoms with van der Waals surface area (Å²) in [6.45, 7) is 3.52. The molecule has 0 bridgehead atoms. The van der Waals surface area contributed by atoms with Crippen LogP contribution in [0.2, 0.25) is 0 Å². The Bertz CT molecular complexity index is 246. The second-order valence-electron chi connectivity index (χ2n) is 2.80. The van der Waals surface area contributed by atoms with Crippen molar-refractivity contribution < 1.29 is 5.11 Å². The van der Waals surface area contributed by atoms with E-state index in [1.807, 2.05) is 18.2 Å². The molecule has 1 aromatic carbocycles. The minimum absolute atomic E-state index is 0.381. The third-order valence-electron chi connectivity index (χ3n) is 1.67. The average Bonchev–Trinajstić information content (AvgIpc) is 2.19. The molecule has 1 nitrogen and oxygen atoms in total. The van der Waals surface area contributed by atoms with Gasteiger partial charge in [0.05, 0.1) is 6.10 Å². The van der Waals surface area contributed by atoms with Crippen LogP contribution in [-0.4, -0.2) is 17.0 Å². The fourth-order valence-corrected chi connectivity index (χ4v) is 1.86. The third-order valence-corrected chi connectivity index (χ3v) is 2.79. The Balaban J connectivity index is 2.24. The highest BCUT2D eigenvalue weighted by Crippen LogP contribution is 2.12. The second kappa shape index (κ2) is 5.84. The molecule has 2 heteroatoms. The largest absolute Gasteiger partial charge is 0.388 e. The Kier molecular flexibility index (Phi) is 4.65. The lowest BCUT2D eigenvalue weighted by Crippen LogP contribution is -2.04. The van der Waals surface area contributed by atoms with Gasteiger partial charge in [-0.15, -0.1) is 6.58 Å². The molecule has 0 aliphatic heterocycles. The van der Waals surface area contributed by atoms with Gasteiger partial charge < -0.3 is 5.11 Å². The van der Waals surface area contributed by atoms with E-state index in [-0.39, 0.29) is 6.10 Å². The van der Waals surface area contributed by atoms with Crippen molar-refractivity contribution in [3.8, 4) is 0 Å². The molecule has 0 fully saturated rings. The second-order valence-corrected chi connectivity index (χ2v) is 3.83. The van der Waals surface area contributed by atoms with Crippen LogP contribution < -0.4 is 0 Å². The minimum Gasteiger partial charge on any atom is -0.388 e. The maximum atomic E-state index is 9.20. The fourth-order valence-electron chi connectivity index (χ4n) is 0.940. The van der Waals surface area contributed by atoms with Gasteiger partial charge in [0.25, 0.3) is 0 Å². The van der Waals surface area contributed by atoms with Gasteiger partial charge >= 0.3 is 0 Å². The van der Waals surface area contributed by atoms with Crippen LogP contribution in [0, 0.1) is 0 Å². The molecule has 0 saturated heterocycles. The van der Waals surface area contributed by atoms with E-state index in [1.165, 1.54) is 5.56 Å². The summed E-state index contributed by atoms with van der Waals surface area (Å²) in [5, 5.41) is 9.20. The van der Waals surface area contributed by atoms with Crippen molar-refractivity contribution in [1.29, 1.82) is 0 Å². The molecule has 0 aromatic heterocycles. The minimum atomic E-state index is -0.381. The predicted molar refractivity (Wildman–Crippen MR) is 58.8 cm³/mol. The molecule has 0 aliphatic rings. The molecule has 0 saturated carbocycles. The highest BCUT2D eigenvalue weighted by Gasteiger charge is 1.98. The van der Waals surface area contributed by atoms with Gasteiger partial charge in [-0.05, 0) is 5.56 Å². The van der Waals surface area contributed by atoms with Crippen LogP contribution in [0.5, 0.6) is 0 Å². The molecular formula is C11H14OS. The number of hydrogen-bond donors (Lipinski definition) is 1. The number of rotatable bonds is 5. The molecule has 0 spiro atoms. The Morgan fingerprint density at radius 2 is 2.08 bits per heavy atom. The normalized spacial score (nSPS) is 12.4. The van der Waals surface area contributed by atoms with Gasteiger partial charge in [-0.3, -0.25) is 0 Å². The Morgan fingerprint density at radius 3 is 2.69 bits per heavy atom. The number of benzene rings is 1. The lowest BCUT2D eigenvalue weighted by molar-refractivity contribution is 0.249. The maximum absolute atomic E-state index is 9.20. The molecule has 1 atom stereocenters. The SMILES string of the molecule is C=CC(O)CSCc1ccccc1. The summed E-state index contributed by atoms with van der Waals surface area (Å²) < 4.78 is 0. The summed E-state index contributed by atoms with van der Waals surface area (Å²) in [5.41, 5.74) is 1.30. The molecule has 1 rings (SSSR count). The molecular weight excluding hydrogens is 180 g/mol. The number of hydrogen-bond acceptors (Lipinski definition) is 2. The van der Waals surface area contributed by atoms with E-state index in [4.69, 9.17) is 0 Å². The summed E-state index contributed by atoms with van der Waals surface area (Å²) in [5.74, 6) is 1.67. The Hall–Kier alpha value is -0.730. The van der Waals surface area contributed by atoms with Crippen molar-refractivity contribution in [3.05, 3.63) is 48.6 Å². The van der Waals surface area contributed by atoms with Gasteiger partial charge in [0.2, 0.25) is 0 Å². The van der Waals surface area contributed by atoms with Crippen LogP contribution >= 0.6 is 11.8 Å². The van der Waals surface area contributed by atoms with Crippen molar-refractivity contribution in [3.63, 3.8) is 0 Å². The highest BCUT2D eigenvalue weighted by atomic mass is 32.2. The van der Waals surface area contributed by atoms with Crippen molar-refractivity contribution >= 4 is 11.8 Å². The molecule has 0 heterocycles. The van der Waals surface area contributed by atoms with E-state index in [1.54, 1.807) is 17.8 Å². The van der Waals surface area contributed by atoms with Gasteiger partial charge in [0.1, 0.15) is 0 Å². The summed E-state index contributed by atoms with van der Waals surface area (Å²) in [6.07, 6.45) is 1.19. The predicted octanol–water partition coefficient (Wildman–Crippen LogP) is 2.47. The van der Waals surface area contributed by atoms with Gasteiger partial charge in [-0.1, -0.05) is 36.4 Å². The van der Waals surface area contributed by atoms with Gasteiger partial charge in [-0.25, -0.2) is 0 Å². The smallest absolute Gasteiger partial charge is 0.0808 e. The summed E-state index contributed by atoms with van der Waals surface area (Å²) in [6, 6.07) is 10.2. The number of aliphatic hydroxyl groups excluding tert-OH is 1. The zero-order chi connectivity index (χ0) is 9.52. The molecule has 1 aromatic rings. The third kappa shape index (κ3) is 4.15. The lowest BCUT2D eigenvalue weighted by atomic mass is 10.2. The average molecular weight is 194 g/mol. The van der Waals surface area contributed by atoms with Crippen LogP contribution in [0.3, 0.4) is 0 Å². The Morgan fingerprint density at radius 1 is 1.38 bits per heavy atom. The van der Waals surface area contributed by atoms with E-state index in [0.29, 0.717) is 0 Å². The molecule has 0 radical (unpaired) electrons. The molecule has 0 aliphatic carbocycles. The first-order chi connectivity index (χ1) is 6.33.